The molecular formula is C16H23BrN2O. The van der Waals surface area contributed by atoms with Gasteiger partial charge in [-0.3, -0.25) is 4.79 Å². The van der Waals surface area contributed by atoms with Crippen molar-refractivity contribution in [3.63, 3.8) is 0 Å². The lowest BCUT2D eigenvalue weighted by Gasteiger charge is -2.26. The van der Waals surface area contributed by atoms with Gasteiger partial charge < -0.3 is 11.1 Å². The van der Waals surface area contributed by atoms with Gasteiger partial charge in [0.25, 0.3) is 5.91 Å². The van der Waals surface area contributed by atoms with Crippen LogP contribution in [0.3, 0.4) is 0 Å². The molecule has 0 aliphatic heterocycles. The highest BCUT2D eigenvalue weighted by Crippen LogP contribution is 2.30. The number of carbonyl (C=O) groups is 1. The fourth-order valence-electron chi connectivity index (χ4n) is 3.03. The molecule has 2 atom stereocenters. The summed E-state index contributed by atoms with van der Waals surface area (Å²) in [5, 5.41) is 3.00. The molecule has 1 aliphatic rings. The van der Waals surface area contributed by atoms with Gasteiger partial charge in [-0.1, -0.05) is 32.3 Å². The van der Waals surface area contributed by atoms with Crippen molar-refractivity contribution in [2.45, 2.75) is 39.0 Å². The number of amides is 1. The van der Waals surface area contributed by atoms with Gasteiger partial charge in [0.1, 0.15) is 0 Å². The van der Waals surface area contributed by atoms with Crippen LogP contribution in [-0.2, 0) is 0 Å². The molecule has 1 aromatic rings. The van der Waals surface area contributed by atoms with Crippen LogP contribution in [0.2, 0.25) is 0 Å². The maximum atomic E-state index is 12.1. The average Bonchev–Trinajstić information content (AvgIpc) is 2.42. The Bertz CT molecular complexity index is 476. The number of halogens is 1. The molecule has 1 aromatic carbocycles. The molecule has 20 heavy (non-hydrogen) atoms. The van der Waals surface area contributed by atoms with Gasteiger partial charge >= 0.3 is 0 Å². The maximum Gasteiger partial charge on any atom is 0.252 e. The Morgan fingerprint density at radius 1 is 1.45 bits per heavy atom. The predicted molar refractivity (Wildman–Crippen MR) is 86.6 cm³/mol. The molecule has 1 aliphatic carbocycles. The van der Waals surface area contributed by atoms with Gasteiger partial charge in [0.05, 0.1) is 10.0 Å². The molecule has 2 unspecified atom stereocenters. The monoisotopic (exact) mass is 338 g/mol. The lowest BCUT2D eigenvalue weighted by atomic mass is 9.81. The summed E-state index contributed by atoms with van der Waals surface area (Å²) in [7, 11) is 0. The van der Waals surface area contributed by atoms with E-state index in [9.17, 15) is 4.79 Å². The van der Waals surface area contributed by atoms with Crippen molar-refractivity contribution in [1.82, 2.24) is 5.32 Å². The van der Waals surface area contributed by atoms with E-state index in [1.807, 2.05) is 0 Å². The maximum absolute atomic E-state index is 12.1. The van der Waals surface area contributed by atoms with Crippen LogP contribution < -0.4 is 11.1 Å². The Hall–Kier alpha value is -1.03. The fourth-order valence-corrected chi connectivity index (χ4v) is 3.48. The first kappa shape index (κ1) is 15.4. The van der Waals surface area contributed by atoms with E-state index in [2.05, 4.69) is 28.2 Å². The van der Waals surface area contributed by atoms with Gasteiger partial charge in [0.2, 0.25) is 0 Å². The molecule has 3 nitrogen and oxygen atoms in total. The summed E-state index contributed by atoms with van der Waals surface area (Å²) in [4.78, 5) is 12.1. The van der Waals surface area contributed by atoms with E-state index in [1.54, 1.807) is 18.2 Å². The summed E-state index contributed by atoms with van der Waals surface area (Å²) < 4.78 is 0.684. The number of hydrogen-bond acceptors (Lipinski definition) is 2. The molecule has 1 amide bonds. The molecule has 2 rings (SSSR count). The first-order chi connectivity index (χ1) is 9.58. The average molecular weight is 339 g/mol. The highest BCUT2D eigenvalue weighted by atomic mass is 79.9. The SMILES string of the molecule is CC1CCCC(CCNC(=O)c2cccc(N)c2Br)C1. The van der Waals surface area contributed by atoms with Crippen molar-refractivity contribution in [2.75, 3.05) is 12.3 Å². The topological polar surface area (TPSA) is 55.1 Å². The Kier molecular flexibility index (Phi) is 5.46. The first-order valence-corrected chi connectivity index (χ1v) is 8.19. The van der Waals surface area contributed by atoms with Crippen molar-refractivity contribution in [3.05, 3.63) is 28.2 Å². The standard InChI is InChI=1S/C16H23BrN2O/c1-11-4-2-5-12(10-11)8-9-19-16(20)13-6-3-7-14(18)15(13)17/h3,6-7,11-12H,2,4-5,8-10,18H2,1H3,(H,19,20). The minimum Gasteiger partial charge on any atom is -0.398 e. The zero-order valence-electron chi connectivity index (χ0n) is 12.0. The number of carbonyl (C=O) groups excluding carboxylic acids is 1. The second-order valence-electron chi connectivity index (χ2n) is 5.89. The highest BCUT2D eigenvalue weighted by molar-refractivity contribution is 9.10. The number of benzene rings is 1. The zero-order valence-corrected chi connectivity index (χ0v) is 13.6. The van der Waals surface area contributed by atoms with Gasteiger partial charge in [-0.2, -0.15) is 0 Å². The number of nitrogens with one attached hydrogen (secondary N) is 1. The fraction of sp³-hybridized carbons (Fsp3) is 0.562. The third kappa shape index (κ3) is 3.98. The molecule has 0 saturated heterocycles. The third-order valence-electron chi connectivity index (χ3n) is 4.16. The van der Waals surface area contributed by atoms with Crippen LogP contribution in [0.25, 0.3) is 0 Å². The molecule has 0 spiro atoms. The van der Waals surface area contributed by atoms with Crippen LogP contribution in [0.15, 0.2) is 22.7 Å². The van der Waals surface area contributed by atoms with Crippen molar-refractivity contribution >= 4 is 27.5 Å². The van der Waals surface area contributed by atoms with Gasteiger partial charge in [-0.25, -0.2) is 0 Å². The number of nitrogen functional groups attached to an aromatic ring is 1. The molecule has 1 saturated carbocycles. The Morgan fingerprint density at radius 3 is 3.00 bits per heavy atom. The van der Waals surface area contributed by atoms with E-state index < -0.39 is 0 Å². The molecule has 1 fully saturated rings. The molecule has 4 heteroatoms. The van der Waals surface area contributed by atoms with Crippen molar-refractivity contribution in [2.24, 2.45) is 11.8 Å². The summed E-state index contributed by atoms with van der Waals surface area (Å²) in [5.41, 5.74) is 7.00. The number of rotatable bonds is 4. The molecule has 0 heterocycles. The largest absolute Gasteiger partial charge is 0.398 e. The minimum atomic E-state index is -0.0481. The van der Waals surface area contributed by atoms with Gasteiger partial charge in [-0.05, 0) is 52.7 Å². The van der Waals surface area contributed by atoms with Crippen molar-refractivity contribution in [3.8, 4) is 0 Å². The second-order valence-corrected chi connectivity index (χ2v) is 6.68. The van der Waals surface area contributed by atoms with E-state index in [4.69, 9.17) is 5.73 Å². The van der Waals surface area contributed by atoms with E-state index in [1.165, 1.54) is 25.7 Å². The van der Waals surface area contributed by atoms with Crippen LogP contribution in [0, 0.1) is 11.8 Å². The third-order valence-corrected chi connectivity index (χ3v) is 5.04. The van der Waals surface area contributed by atoms with E-state index in [0.717, 1.165) is 24.8 Å². The van der Waals surface area contributed by atoms with Crippen LogP contribution in [0.5, 0.6) is 0 Å². The number of nitrogens with two attached hydrogens (primary N) is 1. The normalized spacial score (nSPS) is 22.5. The molecule has 0 bridgehead atoms. The summed E-state index contributed by atoms with van der Waals surface area (Å²) >= 11 is 3.37. The summed E-state index contributed by atoms with van der Waals surface area (Å²) in [5.74, 6) is 1.56. The van der Waals surface area contributed by atoms with Gasteiger partial charge in [-0.15, -0.1) is 0 Å². The summed E-state index contributed by atoms with van der Waals surface area (Å²) in [6, 6.07) is 5.38. The molecule has 110 valence electrons. The minimum absolute atomic E-state index is 0.0481. The van der Waals surface area contributed by atoms with Crippen molar-refractivity contribution in [1.29, 1.82) is 0 Å². The summed E-state index contributed by atoms with van der Waals surface area (Å²) in [6.07, 6.45) is 6.38. The summed E-state index contributed by atoms with van der Waals surface area (Å²) in [6.45, 7) is 3.08. The van der Waals surface area contributed by atoms with Gasteiger partial charge in [0.15, 0.2) is 0 Å². The molecule has 0 radical (unpaired) electrons. The smallest absolute Gasteiger partial charge is 0.252 e. The Labute approximate surface area is 129 Å². The van der Waals surface area contributed by atoms with Crippen molar-refractivity contribution < 1.29 is 4.79 Å². The first-order valence-electron chi connectivity index (χ1n) is 7.40. The lowest BCUT2D eigenvalue weighted by molar-refractivity contribution is 0.0949. The van der Waals surface area contributed by atoms with E-state index >= 15 is 0 Å². The van der Waals surface area contributed by atoms with E-state index in [-0.39, 0.29) is 5.91 Å². The number of hydrogen-bond donors (Lipinski definition) is 2. The van der Waals surface area contributed by atoms with E-state index in [0.29, 0.717) is 15.7 Å². The van der Waals surface area contributed by atoms with Gasteiger partial charge in [0, 0.05) is 12.2 Å². The van der Waals surface area contributed by atoms with Crippen LogP contribution in [-0.4, -0.2) is 12.5 Å². The predicted octanol–water partition coefficient (Wildman–Crippen LogP) is 3.98. The van der Waals surface area contributed by atoms with Crippen LogP contribution >= 0.6 is 15.9 Å². The molecule has 0 aromatic heterocycles. The number of anilines is 1. The highest BCUT2D eigenvalue weighted by Gasteiger charge is 2.19. The zero-order chi connectivity index (χ0) is 14.5. The molecule has 3 N–H and O–H groups in total. The van der Waals surface area contributed by atoms with Crippen LogP contribution in [0.4, 0.5) is 5.69 Å². The lowest BCUT2D eigenvalue weighted by Crippen LogP contribution is -2.27. The Morgan fingerprint density at radius 2 is 2.25 bits per heavy atom. The second kappa shape index (κ2) is 7.11. The van der Waals surface area contributed by atoms with Crippen LogP contribution in [0.1, 0.15) is 49.4 Å². The Balaban J connectivity index is 1.82. The quantitative estimate of drug-likeness (QED) is 0.816. The molecular weight excluding hydrogens is 316 g/mol.